The second-order valence-corrected chi connectivity index (χ2v) is 4.92. The van der Waals surface area contributed by atoms with Gasteiger partial charge in [-0.05, 0) is 46.3 Å². The van der Waals surface area contributed by atoms with Crippen LogP contribution in [0.3, 0.4) is 0 Å². The van der Waals surface area contributed by atoms with Gasteiger partial charge in [-0.3, -0.25) is 9.69 Å². The average Bonchev–Trinajstić information content (AvgIpc) is 2.14. The summed E-state index contributed by atoms with van der Waals surface area (Å²) in [6.45, 7) is 0. The first-order valence-corrected chi connectivity index (χ1v) is 5.53. The number of hydrogen-bond acceptors (Lipinski definition) is 2. The monoisotopic (exact) mass is 303 g/mol. The topological polar surface area (TPSA) is 20.3 Å². The molecule has 0 saturated heterocycles. The summed E-state index contributed by atoms with van der Waals surface area (Å²) in [6.07, 6.45) is 11.5. The van der Waals surface area contributed by atoms with E-state index in [2.05, 4.69) is 39.6 Å². The molecule has 0 aromatic heterocycles. The average molecular weight is 303 g/mol. The first-order valence-electron chi connectivity index (χ1n) is 4.45. The van der Waals surface area contributed by atoms with Crippen molar-refractivity contribution in [3.63, 3.8) is 0 Å². The highest BCUT2D eigenvalue weighted by Crippen LogP contribution is 2.31. The van der Waals surface area contributed by atoms with Gasteiger partial charge in [0.1, 0.15) is 6.29 Å². The van der Waals surface area contributed by atoms with Crippen molar-refractivity contribution in [3.05, 3.63) is 34.0 Å². The summed E-state index contributed by atoms with van der Waals surface area (Å²) >= 11 is 2.33. The first kappa shape index (κ1) is 11.7. The zero-order valence-corrected chi connectivity index (χ0v) is 10.6. The van der Waals surface area contributed by atoms with Crippen molar-refractivity contribution in [1.29, 1.82) is 0 Å². The van der Waals surface area contributed by atoms with E-state index < -0.39 is 0 Å². The van der Waals surface area contributed by atoms with Gasteiger partial charge in [0.2, 0.25) is 0 Å². The molecule has 0 aromatic carbocycles. The quantitative estimate of drug-likeness (QED) is 0.453. The molecule has 0 bridgehead atoms. The van der Waals surface area contributed by atoms with Crippen molar-refractivity contribution in [2.24, 2.45) is 0 Å². The van der Waals surface area contributed by atoms with Gasteiger partial charge in [0.15, 0.2) is 0 Å². The standard InChI is InChI=1S/C11H14INO/c1-13(2)11(7-4-8-14)6-3-5-10(12)9-11/h3-8H,9H2,1-2H3. The number of hydrogen-bond donors (Lipinski definition) is 0. The Balaban J connectivity index is 2.95. The van der Waals surface area contributed by atoms with Crippen molar-refractivity contribution in [2.75, 3.05) is 14.1 Å². The number of allylic oxidation sites excluding steroid dienone is 3. The highest BCUT2D eigenvalue weighted by atomic mass is 127. The van der Waals surface area contributed by atoms with Gasteiger partial charge in [-0.25, -0.2) is 0 Å². The lowest BCUT2D eigenvalue weighted by molar-refractivity contribution is -0.104. The van der Waals surface area contributed by atoms with Gasteiger partial charge >= 0.3 is 0 Å². The van der Waals surface area contributed by atoms with E-state index in [9.17, 15) is 4.79 Å². The van der Waals surface area contributed by atoms with Crippen LogP contribution in [0.5, 0.6) is 0 Å². The minimum Gasteiger partial charge on any atom is -0.299 e. The lowest BCUT2D eigenvalue weighted by Gasteiger charge is -2.36. The van der Waals surface area contributed by atoms with Gasteiger partial charge in [0.05, 0.1) is 5.54 Å². The number of nitrogens with zero attached hydrogens (tertiary/aromatic N) is 1. The summed E-state index contributed by atoms with van der Waals surface area (Å²) in [7, 11) is 4.05. The van der Waals surface area contributed by atoms with Gasteiger partial charge in [-0.2, -0.15) is 0 Å². The Labute approximate surface area is 98.5 Å². The molecule has 0 fully saturated rings. The van der Waals surface area contributed by atoms with Crippen LogP contribution in [0, 0.1) is 0 Å². The lowest BCUT2D eigenvalue weighted by Crippen LogP contribution is -2.41. The van der Waals surface area contributed by atoms with Crippen LogP contribution in [0.2, 0.25) is 0 Å². The van der Waals surface area contributed by atoms with Crippen molar-refractivity contribution in [1.82, 2.24) is 4.90 Å². The molecular weight excluding hydrogens is 289 g/mol. The fourth-order valence-electron chi connectivity index (χ4n) is 1.48. The van der Waals surface area contributed by atoms with Crippen LogP contribution >= 0.6 is 22.6 Å². The fraction of sp³-hybridized carbons (Fsp3) is 0.364. The number of carbonyl (C=O) groups is 1. The van der Waals surface area contributed by atoms with E-state index in [0.717, 1.165) is 12.7 Å². The Morgan fingerprint density at radius 1 is 1.57 bits per heavy atom. The van der Waals surface area contributed by atoms with Gasteiger partial charge in [-0.1, -0.05) is 24.3 Å². The molecule has 0 amide bonds. The molecule has 1 atom stereocenters. The Morgan fingerprint density at radius 3 is 2.79 bits per heavy atom. The van der Waals surface area contributed by atoms with Crippen LogP contribution in [-0.4, -0.2) is 30.8 Å². The molecule has 2 nitrogen and oxygen atoms in total. The van der Waals surface area contributed by atoms with Gasteiger partial charge in [-0.15, -0.1) is 0 Å². The van der Waals surface area contributed by atoms with E-state index in [4.69, 9.17) is 0 Å². The summed E-state index contributed by atoms with van der Waals surface area (Å²) < 4.78 is 1.30. The molecule has 1 aliphatic rings. The minimum absolute atomic E-state index is 0.133. The highest BCUT2D eigenvalue weighted by Gasteiger charge is 2.28. The molecule has 76 valence electrons. The van der Waals surface area contributed by atoms with Crippen molar-refractivity contribution in [2.45, 2.75) is 12.0 Å². The predicted octanol–water partition coefficient (Wildman–Crippen LogP) is 2.32. The molecule has 1 aliphatic carbocycles. The summed E-state index contributed by atoms with van der Waals surface area (Å²) in [6, 6.07) is 0. The van der Waals surface area contributed by atoms with E-state index >= 15 is 0 Å². The number of halogens is 1. The van der Waals surface area contributed by atoms with E-state index in [1.54, 1.807) is 6.08 Å². The maximum atomic E-state index is 10.3. The molecule has 0 aliphatic heterocycles. The van der Waals surface area contributed by atoms with Crippen molar-refractivity contribution < 1.29 is 4.79 Å². The molecule has 0 spiro atoms. The molecule has 3 heteroatoms. The van der Waals surface area contributed by atoms with Crippen LogP contribution in [0.1, 0.15) is 6.42 Å². The van der Waals surface area contributed by atoms with Crippen LogP contribution in [-0.2, 0) is 4.79 Å². The molecule has 1 unspecified atom stereocenters. The van der Waals surface area contributed by atoms with E-state index in [0.29, 0.717) is 0 Å². The largest absolute Gasteiger partial charge is 0.299 e. The van der Waals surface area contributed by atoms with E-state index in [1.165, 1.54) is 3.58 Å². The van der Waals surface area contributed by atoms with Crippen LogP contribution in [0.25, 0.3) is 0 Å². The zero-order valence-electron chi connectivity index (χ0n) is 8.40. The fourth-order valence-corrected chi connectivity index (χ4v) is 2.30. The first-order chi connectivity index (χ1) is 6.60. The zero-order chi connectivity index (χ0) is 10.6. The maximum absolute atomic E-state index is 10.3. The number of rotatable bonds is 3. The van der Waals surface area contributed by atoms with Crippen molar-refractivity contribution in [3.8, 4) is 0 Å². The Hall–Kier alpha value is -0.420. The Kier molecular flexibility index (Phi) is 4.07. The molecule has 0 N–H and O–H groups in total. The van der Waals surface area contributed by atoms with Crippen LogP contribution in [0.15, 0.2) is 34.0 Å². The lowest BCUT2D eigenvalue weighted by atomic mass is 9.89. The van der Waals surface area contributed by atoms with Crippen LogP contribution in [0.4, 0.5) is 0 Å². The molecular formula is C11H14INO. The molecule has 0 heterocycles. The second-order valence-electron chi connectivity index (χ2n) is 3.53. The van der Waals surface area contributed by atoms with Gasteiger partial charge < -0.3 is 0 Å². The Morgan fingerprint density at radius 2 is 2.29 bits per heavy atom. The summed E-state index contributed by atoms with van der Waals surface area (Å²) in [5.41, 5.74) is -0.133. The van der Waals surface area contributed by atoms with Crippen molar-refractivity contribution >= 4 is 28.9 Å². The smallest absolute Gasteiger partial charge is 0.142 e. The summed E-state index contributed by atoms with van der Waals surface area (Å²) in [5.74, 6) is 0. The summed E-state index contributed by atoms with van der Waals surface area (Å²) in [5, 5.41) is 0. The number of carbonyl (C=O) groups excluding carboxylic acids is 1. The molecule has 0 radical (unpaired) electrons. The highest BCUT2D eigenvalue weighted by molar-refractivity contribution is 14.1. The predicted molar refractivity (Wildman–Crippen MR) is 67.5 cm³/mol. The molecule has 14 heavy (non-hydrogen) atoms. The molecule has 1 rings (SSSR count). The number of likely N-dealkylation sites (N-methyl/N-ethyl adjacent to an activating group) is 1. The third-order valence-electron chi connectivity index (χ3n) is 2.41. The minimum atomic E-state index is -0.133. The second kappa shape index (κ2) is 4.89. The Bertz CT molecular complexity index is 300. The molecule has 0 aromatic rings. The third-order valence-corrected chi connectivity index (χ3v) is 3.15. The number of aldehydes is 1. The maximum Gasteiger partial charge on any atom is 0.142 e. The van der Waals surface area contributed by atoms with E-state index in [-0.39, 0.29) is 5.54 Å². The normalized spacial score (nSPS) is 27.0. The van der Waals surface area contributed by atoms with Crippen LogP contribution < -0.4 is 0 Å². The van der Waals surface area contributed by atoms with E-state index in [1.807, 2.05) is 26.2 Å². The SMILES string of the molecule is CN(C)C1(C=CC=O)C=CC=C(I)C1. The van der Waals surface area contributed by atoms with Gasteiger partial charge in [0.25, 0.3) is 0 Å². The third kappa shape index (κ3) is 2.54. The molecule has 0 saturated carbocycles. The summed E-state index contributed by atoms with van der Waals surface area (Å²) in [4.78, 5) is 12.5. The van der Waals surface area contributed by atoms with Gasteiger partial charge in [0, 0.05) is 6.42 Å².